The van der Waals surface area contributed by atoms with E-state index in [1.807, 2.05) is 18.2 Å². The molecule has 0 aliphatic carbocycles. The first-order chi connectivity index (χ1) is 11.8. The Labute approximate surface area is 157 Å². The van der Waals surface area contributed by atoms with E-state index in [1.165, 1.54) is 31.2 Å². The average Bonchev–Trinajstić information content (AvgIpc) is 2.93. The lowest BCUT2D eigenvalue weighted by molar-refractivity contribution is -0.122. The zero-order valence-corrected chi connectivity index (χ0v) is 15.7. The van der Waals surface area contributed by atoms with Crippen molar-refractivity contribution in [2.45, 2.75) is 63.6 Å². The minimum absolute atomic E-state index is 0. The van der Waals surface area contributed by atoms with Crippen molar-refractivity contribution in [2.24, 2.45) is 5.92 Å². The highest BCUT2D eigenvalue weighted by Gasteiger charge is 2.33. The van der Waals surface area contributed by atoms with Crippen LogP contribution in [0.1, 0.15) is 50.5 Å². The van der Waals surface area contributed by atoms with Gasteiger partial charge in [0.15, 0.2) is 0 Å². The Morgan fingerprint density at radius 1 is 1.12 bits per heavy atom. The van der Waals surface area contributed by atoms with Gasteiger partial charge in [-0.05, 0) is 50.0 Å². The van der Waals surface area contributed by atoms with Crippen molar-refractivity contribution in [3.05, 3.63) is 35.9 Å². The molecule has 1 aromatic rings. The summed E-state index contributed by atoms with van der Waals surface area (Å²) in [6.45, 7) is 2.19. The highest BCUT2D eigenvalue weighted by molar-refractivity contribution is 5.85. The molecule has 140 valence electrons. The molecule has 0 aromatic heterocycles. The van der Waals surface area contributed by atoms with Gasteiger partial charge in [-0.15, -0.1) is 12.4 Å². The topological polar surface area (TPSA) is 50.4 Å². The molecule has 2 N–H and O–H groups in total. The summed E-state index contributed by atoms with van der Waals surface area (Å²) in [6, 6.07) is 11.6. The zero-order chi connectivity index (χ0) is 16.6. The van der Waals surface area contributed by atoms with Crippen molar-refractivity contribution < 1.29 is 9.53 Å². The maximum atomic E-state index is 12.1. The van der Waals surface area contributed by atoms with Gasteiger partial charge in [0, 0.05) is 31.7 Å². The number of ether oxygens (including phenoxy) is 1. The molecular formula is C20H31ClN2O2. The van der Waals surface area contributed by atoms with Crippen molar-refractivity contribution in [1.29, 1.82) is 0 Å². The van der Waals surface area contributed by atoms with Gasteiger partial charge >= 0.3 is 0 Å². The molecule has 2 atom stereocenters. The molecule has 4 nitrogen and oxygen atoms in total. The van der Waals surface area contributed by atoms with E-state index in [0.29, 0.717) is 31.0 Å². The normalized spacial score (nSPS) is 24.6. The molecule has 0 radical (unpaired) electrons. The van der Waals surface area contributed by atoms with Gasteiger partial charge in [0.1, 0.15) is 0 Å². The molecule has 2 bridgehead atoms. The summed E-state index contributed by atoms with van der Waals surface area (Å²) in [5.41, 5.74) is 1.21. The van der Waals surface area contributed by atoms with Crippen LogP contribution < -0.4 is 10.6 Å². The third-order valence-corrected chi connectivity index (χ3v) is 5.19. The predicted octanol–water partition coefficient (Wildman–Crippen LogP) is 3.44. The van der Waals surface area contributed by atoms with E-state index in [9.17, 15) is 4.79 Å². The maximum absolute atomic E-state index is 12.1. The number of carbonyl (C=O) groups excluding carboxylic acids is 1. The van der Waals surface area contributed by atoms with Crippen LogP contribution in [0.2, 0.25) is 0 Å². The lowest BCUT2D eigenvalue weighted by Crippen LogP contribution is -2.39. The van der Waals surface area contributed by atoms with Crippen molar-refractivity contribution in [2.75, 3.05) is 13.2 Å². The van der Waals surface area contributed by atoms with Crippen LogP contribution in [0.4, 0.5) is 0 Å². The third-order valence-electron chi connectivity index (χ3n) is 5.19. The van der Waals surface area contributed by atoms with E-state index in [4.69, 9.17) is 4.74 Å². The quantitative estimate of drug-likeness (QED) is 0.658. The first kappa shape index (κ1) is 20.2. The Kier molecular flexibility index (Phi) is 8.73. The molecule has 2 aliphatic rings. The molecule has 2 heterocycles. The van der Waals surface area contributed by atoms with Gasteiger partial charge in [-0.2, -0.15) is 0 Å². The number of piperidine rings is 1. The minimum Gasteiger partial charge on any atom is -0.377 e. The summed E-state index contributed by atoms with van der Waals surface area (Å²) in [4.78, 5) is 12.1. The van der Waals surface area contributed by atoms with Crippen LogP contribution in [-0.4, -0.2) is 31.1 Å². The highest BCUT2D eigenvalue weighted by atomic mass is 35.5. The lowest BCUT2D eigenvalue weighted by atomic mass is 9.89. The number of amides is 1. The second-order valence-corrected chi connectivity index (χ2v) is 7.27. The summed E-state index contributed by atoms with van der Waals surface area (Å²) in [5, 5.41) is 6.71. The van der Waals surface area contributed by atoms with E-state index in [-0.39, 0.29) is 18.3 Å². The number of benzene rings is 1. The monoisotopic (exact) mass is 366 g/mol. The number of fused-ring (bicyclic) bond motifs is 2. The molecule has 1 amide bonds. The van der Waals surface area contributed by atoms with Gasteiger partial charge < -0.3 is 15.4 Å². The molecule has 3 rings (SSSR count). The molecule has 0 saturated carbocycles. The van der Waals surface area contributed by atoms with E-state index < -0.39 is 0 Å². The first-order valence-electron chi connectivity index (χ1n) is 9.44. The predicted molar refractivity (Wildman–Crippen MR) is 103 cm³/mol. The van der Waals surface area contributed by atoms with Crippen LogP contribution in [0.5, 0.6) is 0 Å². The van der Waals surface area contributed by atoms with Crippen LogP contribution in [-0.2, 0) is 16.1 Å². The molecule has 5 heteroatoms. The number of nitrogens with one attached hydrogen (secondary N) is 2. The number of hydrogen-bond acceptors (Lipinski definition) is 3. The smallest absolute Gasteiger partial charge is 0.220 e. The van der Waals surface area contributed by atoms with Gasteiger partial charge in [-0.1, -0.05) is 30.3 Å². The number of halogens is 1. The second-order valence-electron chi connectivity index (χ2n) is 7.27. The van der Waals surface area contributed by atoms with Crippen molar-refractivity contribution in [3.8, 4) is 0 Å². The summed E-state index contributed by atoms with van der Waals surface area (Å²) < 4.78 is 5.66. The van der Waals surface area contributed by atoms with Crippen LogP contribution in [0.25, 0.3) is 0 Å². The summed E-state index contributed by atoms with van der Waals surface area (Å²) >= 11 is 0. The molecule has 0 spiro atoms. The number of carbonyl (C=O) groups is 1. The molecular weight excluding hydrogens is 336 g/mol. The summed E-state index contributed by atoms with van der Waals surface area (Å²) in [7, 11) is 0. The third kappa shape index (κ3) is 6.96. The van der Waals surface area contributed by atoms with E-state index in [2.05, 4.69) is 22.8 Å². The SMILES string of the molecule is Cl.O=C(CC1CC2CCC(C1)N2)NCCCCOCc1ccccc1. The summed E-state index contributed by atoms with van der Waals surface area (Å²) in [5.74, 6) is 0.810. The minimum atomic E-state index is 0. The molecule has 2 unspecified atom stereocenters. The molecule has 25 heavy (non-hydrogen) atoms. The van der Waals surface area contributed by atoms with Crippen LogP contribution in [0.15, 0.2) is 30.3 Å². The largest absolute Gasteiger partial charge is 0.377 e. The number of rotatable bonds is 9. The first-order valence-corrected chi connectivity index (χ1v) is 9.44. The van der Waals surface area contributed by atoms with Crippen LogP contribution in [0, 0.1) is 5.92 Å². The molecule has 2 fully saturated rings. The number of unbranched alkanes of at least 4 members (excludes halogenated alkanes) is 1. The van der Waals surface area contributed by atoms with Crippen molar-refractivity contribution >= 4 is 18.3 Å². The Balaban J connectivity index is 0.00000225. The van der Waals surface area contributed by atoms with Gasteiger partial charge in [0.25, 0.3) is 0 Å². The van der Waals surface area contributed by atoms with E-state index in [1.54, 1.807) is 0 Å². The van der Waals surface area contributed by atoms with E-state index in [0.717, 1.165) is 26.0 Å². The van der Waals surface area contributed by atoms with Gasteiger partial charge in [-0.3, -0.25) is 4.79 Å². The lowest BCUT2D eigenvalue weighted by Gasteiger charge is -2.28. The Morgan fingerprint density at radius 2 is 1.84 bits per heavy atom. The van der Waals surface area contributed by atoms with E-state index >= 15 is 0 Å². The summed E-state index contributed by atoms with van der Waals surface area (Å²) in [6.07, 6.45) is 7.63. The zero-order valence-electron chi connectivity index (χ0n) is 14.9. The Bertz CT molecular complexity index is 500. The Hall–Kier alpha value is -1.10. The molecule has 2 aliphatic heterocycles. The highest BCUT2D eigenvalue weighted by Crippen LogP contribution is 2.32. The van der Waals surface area contributed by atoms with Crippen LogP contribution >= 0.6 is 12.4 Å². The van der Waals surface area contributed by atoms with Gasteiger partial charge in [-0.25, -0.2) is 0 Å². The molecule has 1 aromatic carbocycles. The maximum Gasteiger partial charge on any atom is 0.220 e. The second kappa shape index (κ2) is 10.8. The standard InChI is InChI=1S/C20H30N2O2.ClH/c23-20(14-17-12-18-8-9-19(13-17)22-18)21-10-4-5-11-24-15-16-6-2-1-3-7-16;/h1-3,6-7,17-19,22H,4-5,8-15H2,(H,21,23);1H. The average molecular weight is 367 g/mol. The van der Waals surface area contributed by atoms with Gasteiger partial charge in [0.05, 0.1) is 6.61 Å². The van der Waals surface area contributed by atoms with Gasteiger partial charge in [0.2, 0.25) is 5.91 Å². The fourth-order valence-electron chi connectivity index (χ4n) is 4.00. The Morgan fingerprint density at radius 3 is 2.56 bits per heavy atom. The fourth-order valence-corrected chi connectivity index (χ4v) is 4.00. The van der Waals surface area contributed by atoms with Crippen LogP contribution in [0.3, 0.4) is 0 Å². The van der Waals surface area contributed by atoms with Crippen molar-refractivity contribution in [3.63, 3.8) is 0 Å². The fraction of sp³-hybridized carbons (Fsp3) is 0.650. The van der Waals surface area contributed by atoms with Crippen molar-refractivity contribution in [1.82, 2.24) is 10.6 Å². The molecule has 2 saturated heterocycles. The number of hydrogen-bond donors (Lipinski definition) is 2.